The number of nitrogens with zero attached hydrogens (tertiary/aromatic N) is 1. The second-order valence-corrected chi connectivity index (χ2v) is 8.04. The van der Waals surface area contributed by atoms with Crippen LogP contribution < -0.4 is 15.4 Å². The maximum absolute atomic E-state index is 13.4. The molecule has 1 aromatic heterocycles. The van der Waals surface area contributed by atoms with Crippen LogP contribution in [0.2, 0.25) is 0 Å². The molecule has 144 valence electrons. The van der Waals surface area contributed by atoms with E-state index in [4.69, 9.17) is 9.72 Å². The van der Waals surface area contributed by atoms with Crippen molar-refractivity contribution < 1.29 is 18.3 Å². The zero-order valence-corrected chi connectivity index (χ0v) is 15.7. The number of ether oxygens (including phenoxy) is 1. The average molecular weight is 393 g/mol. The predicted molar refractivity (Wildman–Crippen MR) is 99.3 cm³/mol. The molecule has 1 amide bonds. The van der Waals surface area contributed by atoms with Crippen LogP contribution in [0.25, 0.3) is 10.6 Å². The van der Waals surface area contributed by atoms with Crippen molar-refractivity contribution in [2.75, 3.05) is 13.7 Å². The Kier molecular flexibility index (Phi) is 4.86. The van der Waals surface area contributed by atoms with Gasteiger partial charge in [0.25, 0.3) is 5.92 Å². The Hall–Kier alpha value is -2.06. The number of nitrogens with one attached hydrogen (secondary N) is 2. The molecule has 1 aromatic carbocycles. The number of hydrogen-bond acceptors (Lipinski definition) is 5. The number of methoxy groups -OCH3 is 1. The number of benzene rings is 1. The summed E-state index contributed by atoms with van der Waals surface area (Å²) >= 11 is 1.56. The normalized spacial score (nSPS) is 23.7. The minimum Gasteiger partial charge on any atom is -0.497 e. The molecule has 0 radical (unpaired) electrons. The molecule has 1 fully saturated rings. The van der Waals surface area contributed by atoms with Gasteiger partial charge in [0, 0.05) is 12.0 Å². The molecule has 27 heavy (non-hydrogen) atoms. The van der Waals surface area contributed by atoms with Crippen molar-refractivity contribution in [2.24, 2.45) is 0 Å². The number of rotatable bonds is 4. The van der Waals surface area contributed by atoms with Crippen LogP contribution in [0.15, 0.2) is 24.3 Å². The van der Waals surface area contributed by atoms with E-state index in [0.717, 1.165) is 46.2 Å². The highest BCUT2D eigenvalue weighted by atomic mass is 32.1. The third-order valence-electron chi connectivity index (χ3n) is 5.03. The highest BCUT2D eigenvalue weighted by Crippen LogP contribution is 2.38. The van der Waals surface area contributed by atoms with E-state index in [0.29, 0.717) is 0 Å². The van der Waals surface area contributed by atoms with Gasteiger partial charge in [-0.25, -0.2) is 13.8 Å². The van der Waals surface area contributed by atoms with E-state index >= 15 is 0 Å². The van der Waals surface area contributed by atoms with Gasteiger partial charge >= 0.3 is 0 Å². The molecule has 2 heterocycles. The van der Waals surface area contributed by atoms with E-state index in [-0.39, 0.29) is 11.9 Å². The maximum Gasteiger partial charge on any atom is 0.262 e. The summed E-state index contributed by atoms with van der Waals surface area (Å²) in [6.45, 7) is -0.441. The number of carbonyl (C=O) groups excluding carboxylic acids is 1. The molecule has 0 saturated carbocycles. The van der Waals surface area contributed by atoms with E-state index in [9.17, 15) is 13.6 Å². The van der Waals surface area contributed by atoms with Crippen LogP contribution in [0.5, 0.6) is 5.75 Å². The third-order valence-corrected chi connectivity index (χ3v) is 6.29. The quantitative estimate of drug-likeness (QED) is 0.837. The fraction of sp³-hybridized carbons (Fsp3) is 0.474. The van der Waals surface area contributed by atoms with Crippen molar-refractivity contribution in [2.45, 2.75) is 43.7 Å². The van der Waals surface area contributed by atoms with Gasteiger partial charge in [-0.2, -0.15) is 0 Å². The Morgan fingerprint density at radius 1 is 1.37 bits per heavy atom. The molecule has 4 rings (SSSR count). The van der Waals surface area contributed by atoms with Crippen LogP contribution >= 0.6 is 11.3 Å². The average Bonchev–Trinajstić information content (AvgIpc) is 3.25. The number of hydrogen-bond donors (Lipinski definition) is 2. The molecule has 1 aliphatic carbocycles. The van der Waals surface area contributed by atoms with Gasteiger partial charge in [-0.05, 0) is 43.5 Å². The first-order valence-electron chi connectivity index (χ1n) is 9.01. The largest absolute Gasteiger partial charge is 0.497 e. The number of thiazole rings is 1. The number of aromatic nitrogens is 1. The van der Waals surface area contributed by atoms with Gasteiger partial charge < -0.3 is 10.1 Å². The molecule has 2 atom stereocenters. The Bertz CT molecular complexity index is 838. The molecule has 2 aromatic rings. The van der Waals surface area contributed by atoms with Crippen LogP contribution in [0.4, 0.5) is 8.78 Å². The number of aryl methyl sites for hydroxylation is 1. The van der Waals surface area contributed by atoms with Gasteiger partial charge in [0.2, 0.25) is 5.91 Å². The Labute approximate surface area is 160 Å². The van der Waals surface area contributed by atoms with E-state index in [1.54, 1.807) is 18.4 Å². The van der Waals surface area contributed by atoms with E-state index in [1.165, 1.54) is 0 Å². The molecule has 1 saturated heterocycles. The maximum atomic E-state index is 13.4. The molecule has 2 aliphatic rings. The molecule has 2 N–H and O–H groups in total. The topological polar surface area (TPSA) is 63.2 Å². The van der Waals surface area contributed by atoms with Gasteiger partial charge in [-0.15, -0.1) is 11.3 Å². The van der Waals surface area contributed by atoms with Crippen molar-refractivity contribution in [3.05, 3.63) is 34.8 Å². The van der Waals surface area contributed by atoms with E-state index in [2.05, 4.69) is 10.6 Å². The summed E-state index contributed by atoms with van der Waals surface area (Å²) in [5.41, 5.74) is 1.99. The lowest BCUT2D eigenvalue weighted by Gasteiger charge is -2.24. The van der Waals surface area contributed by atoms with Crippen molar-refractivity contribution in [3.8, 4) is 16.3 Å². The van der Waals surface area contributed by atoms with E-state index < -0.39 is 24.9 Å². The number of amides is 1. The number of halogens is 2. The van der Waals surface area contributed by atoms with Crippen LogP contribution in [-0.4, -0.2) is 36.5 Å². The van der Waals surface area contributed by atoms with Crippen molar-refractivity contribution in [1.82, 2.24) is 15.6 Å². The summed E-state index contributed by atoms with van der Waals surface area (Å²) in [7, 11) is 1.62. The number of fused-ring (bicyclic) bond motifs is 1. The second kappa shape index (κ2) is 7.16. The van der Waals surface area contributed by atoms with Crippen molar-refractivity contribution in [3.63, 3.8) is 0 Å². The Morgan fingerprint density at radius 3 is 2.81 bits per heavy atom. The van der Waals surface area contributed by atoms with Crippen molar-refractivity contribution >= 4 is 17.2 Å². The summed E-state index contributed by atoms with van der Waals surface area (Å²) in [6.07, 6.45) is 2.14. The van der Waals surface area contributed by atoms with Gasteiger partial charge in [0.15, 0.2) is 0 Å². The summed E-state index contributed by atoms with van der Waals surface area (Å²) in [5, 5.41) is 6.47. The van der Waals surface area contributed by atoms with E-state index in [1.807, 2.05) is 24.3 Å². The predicted octanol–water partition coefficient (Wildman–Crippen LogP) is 3.31. The minimum atomic E-state index is -2.81. The highest BCUT2D eigenvalue weighted by Gasteiger charge is 2.43. The zero-order valence-electron chi connectivity index (χ0n) is 14.9. The van der Waals surface area contributed by atoms with Crippen molar-refractivity contribution in [1.29, 1.82) is 0 Å². The second-order valence-electron chi connectivity index (χ2n) is 7.01. The van der Waals surface area contributed by atoms with Gasteiger partial charge in [-0.3, -0.25) is 10.1 Å². The minimum absolute atomic E-state index is 0.165. The van der Waals surface area contributed by atoms with Crippen LogP contribution in [-0.2, 0) is 11.2 Å². The lowest BCUT2D eigenvalue weighted by molar-refractivity contribution is -0.124. The smallest absolute Gasteiger partial charge is 0.262 e. The monoisotopic (exact) mass is 393 g/mol. The SMILES string of the molecule is COc1ccc(-c2nc3c(s2)C(NC(=O)C2CC(F)(F)CN2)CCC3)cc1. The summed E-state index contributed by atoms with van der Waals surface area (Å²) < 4.78 is 31.9. The first kappa shape index (κ1) is 18.3. The Morgan fingerprint density at radius 2 is 2.15 bits per heavy atom. The molecule has 0 spiro atoms. The summed E-state index contributed by atoms with van der Waals surface area (Å²) in [6, 6.07) is 6.70. The highest BCUT2D eigenvalue weighted by molar-refractivity contribution is 7.15. The Balaban J connectivity index is 1.51. The molecule has 5 nitrogen and oxygen atoms in total. The molecule has 1 aliphatic heterocycles. The summed E-state index contributed by atoms with van der Waals surface area (Å²) in [5.74, 6) is -2.39. The molecule has 0 bridgehead atoms. The third kappa shape index (κ3) is 3.82. The standard InChI is InChI=1S/C19H21F2N3O2S/c1-26-12-7-5-11(6-8-12)18-24-14-4-2-3-13(16(14)27-18)23-17(25)15-9-19(20,21)10-22-15/h5-8,13,15,22H,2-4,9-10H2,1H3,(H,23,25). The first-order valence-corrected chi connectivity index (χ1v) is 9.82. The number of carbonyl (C=O) groups is 1. The lowest BCUT2D eigenvalue weighted by Crippen LogP contribution is -2.42. The fourth-order valence-corrected chi connectivity index (χ4v) is 4.79. The molecule has 8 heteroatoms. The van der Waals surface area contributed by atoms with Gasteiger partial charge in [0.1, 0.15) is 10.8 Å². The summed E-state index contributed by atoms with van der Waals surface area (Å²) in [4.78, 5) is 18.2. The van der Waals surface area contributed by atoms with Crippen LogP contribution in [0, 0.1) is 0 Å². The molecular formula is C19H21F2N3O2S. The molecule has 2 unspecified atom stereocenters. The zero-order chi connectivity index (χ0) is 19.0. The van der Waals surface area contributed by atoms with Crippen LogP contribution in [0.1, 0.15) is 35.9 Å². The fourth-order valence-electron chi connectivity index (χ4n) is 3.59. The first-order chi connectivity index (χ1) is 12.9. The molecular weight excluding hydrogens is 372 g/mol. The number of alkyl halides is 2. The van der Waals surface area contributed by atoms with Gasteiger partial charge in [0.05, 0.1) is 36.3 Å². The van der Waals surface area contributed by atoms with Crippen LogP contribution in [0.3, 0.4) is 0 Å². The lowest BCUT2D eigenvalue weighted by atomic mass is 9.97. The van der Waals surface area contributed by atoms with Gasteiger partial charge in [-0.1, -0.05) is 0 Å².